The van der Waals surface area contributed by atoms with Crippen LogP contribution < -0.4 is 4.90 Å². The highest BCUT2D eigenvalue weighted by atomic mass is 16.7. The summed E-state index contributed by atoms with van der Waals surface area (Å²) in [6, 6.07) is 18.3. The number of ether oxygens (including phenoxy) is 2. The van der Waals surface area contributed by atoms with Gasteiger partial charge < -0.3 is 19.3 Å². The Labute approximate surface area is 186 Å². The standard InChI is InChI=1S/C26H24N2O4/c29-19-11-6-12-27(19)17-13-18-26-21(25(30)28(18)16-10-5-4-9-15(16)17)20(14-7-2-1-3-8-14)22(32-26)23-24(26)31-23/h1-5,7-10,17-18,20-24H,6,11-13H2/t17-,18-,20-,21-,22-,23-,24-,26+/m0/s1. The molecule has 162 valence electrons. The summed E-state index contributed by atoms with van der Waals surface area (Å²) in [5.74, 6) is 0.136. The van der Waals surface area contributed by atoms with Crippen LogP contribution in [0.3, 0.4) is 0 Å². The predicted octanol–water partition coefficient (Wildman–Crippen LogP) is 2.79. The number of amides is 2. The van der Waals surface area contributed by atoms with Crippen LogP contribution in [0.5, 0.6) is 0 Å². The van der Waals surface area contributed by atoms with Crippen LogP contribution in [0.25, 0.3) is 0 Å². The summed E-state index contributed by atoms with van der Waals surface area (Å²) in [6.07, 6.45) is 2.22. The van der Waals surface area contributed by atoms with Crippen molar-refractivity contribution in [2.45, 2.75) is 61.2 Å². The lowest BCUT2D eigenvalue weighted by molar-refractivity contribution is -0.131. The number of para-hydroxylation sites is 1. The molecule has 8 rings (SSSR count). The van der Waals surface area contributed by atoms with Gasteiger partial charge in [0.15, 0.2) is 0 Å². The number of benzene rings is 2. The average molecular weight is 428 g/mol. The summed E-state index contributed by atoms with van der Waals surface area (Å²) in [5, 5.41) is 0. The van der Waals surface area contributed by atoms with Gasteiger partial charge in [-0.1, -0.05) is 48.5 Å². The van der Waals surface area contributed by atoms with Gasteiger partial charge in [-0.05, 0) is 30.0 Å². The van der Waals surface area contributed by atoms with E-state index in [1.165, 1.54) is 0 Å². The Bertz CT molecular complexity index is 1170. The Morgan fingerprint density at radius 3 is 2.59 bits per heavy atom. The molecule has 2 aromatic rings. The lowest BCUT2D eigenvalue weighted by Gasteiger charge is -2.44. The van der Waals surface area contributed by atoms with Crippen molar-refractivity contribution in [2.24, 2.45) is 5.92 Å². The van der Waals surface area contributed by atoms with E-state index in [1.54, 1.807) is 0 Å². The molecule has 0 saturated carbocycles. The van der Waals surface area contributed by atoms with Gasteiger partial charge in [0.2, 0.25) is 11.8 Å². The minimum atomic E-state index is -0.624. The van der Waals surface area contributed by atoms with Gasteiger partial charge >= 0.3 is 0 Å². The minimum absolute atomic E-state index is 0.0112. The number of fused-ring (bicyclic) bond motifs is 6. The molecular formula is C26H24N2O4. The second-order valence-corrected chi connectivity index (χ2v) is 10.1. The SMILES string of the molecule is O=C1CCCN1[C@H]1C[C@@H]2N(C(=O)[C@@H]3[C@H](c4ccccc4)[C@@H]4O[C@@]32[C@H]2O[C@@H]42)c2ccccc21. The van der Waals surface area contributed by atoms with Crippen molar-refractivity contribution in [3.05, 3.63) is 65.7 Å². The molecule has 6 aliphatic heterocycles. The summed E-state index contributed by atoms with van der Waals surface area (Å²) in [4.78, 5) is 30.9. The molecule has 32 heavy (non-hydrogen) atoms. The Morgan fingerprint density at radius 2 is 1.78 bits per heavy atom. The maximum atomic E-state index is 14.1. The number of carbonyl (C=O) groups excluding carboxylic acids is 2. The van der Waals surface area contributed by atoms with Crippen LogP contribution in [0.1, 0.15) is 42.3 Å². The van der Waals surface area contributed by atoms with E-state index in [9.17, 15) is 9.59 Å². The molecule has 8 atom stereocenters. The molecule has 5 saturated heterocycles. The van der Waals surface area contributed by atoms with E-state index in [0.29, 0.717) is 12.8 Å². The van der Waals surface area contributed by atoms with E-state index in [2.05, 4.69) is 18.2 Å². The molecule has 0 radical (unpaired) electrons. The van der Waals surface area contributed by atoms with E-state index in [1.807, 2.05) is 46.2 Å². The molecule has 0 unspecified atom stereocenters. The molecule has 6 heteroatoms. The highest BCUT2D eigenvalue weighted by Crippen LogP contribution is 2.69. The third kappa shape index (κ3) is 1.92. The van der Waals surface area contributed by atoms with Crippen LogP contribution in [-0.2, 0) is 19.1 Å². The zero-order valence-corrected chi connectivity index (χ0v) is 17.6. The maximum Gasteiger partial charge on any atom is 0.234 e. The second-order valence-electron chi connectivity index (χ2n) is 10.1. The molecule has 6 nitrogen and oxygen atoms in total. The Hall–Kier alpha value is -2.70. The van der Waals surface area contributed by atoms with Crippen LogP contribution in [0.15, 0.2) is 54.6 Å². The Kier molecular flexibility index (Phi) is 3.23. The fraction of sp³-hybridized carbons (Fsp3) is 0.462. The third-order valence-electron chi connectivity index (χ3n) is 8.84. The van der Waals surface area contributed by atoms with Gasteiger partial charge in [-0.15, -0.1) is 0 Å². The molecule has 6 aliphatic rings. The van der Waals surface area contributed by atoms with E-state index >= 15 is 0 Å². The smallest absolute Gasteiger partial charge is 0.234 e. The molecule has 2 bridgehead atoms. The fourth-order valence-electron chi connectivity index (χ4n) is 7.69. The van der Waals surface area contributed by atoms with Gasteiger partial charge in [0.1, 0.15) is 17.8 Å². The molecular weight excluding hydrogens is 404 g/mol. The van der Waals surface area contributed by atoms with Gasteiger partial charge in [-0.2, -0.15) is 0 Å². The van der Waals surface area contributed by atoms with E-state index in [4.69, 9.17) is 9.47 Å². The Balaban J connectivity index is 1.29. The molecule has 2 aromatic carbocycles. The largest absolute Gasteiger partial charge is 0.363 e. The maximum absolute atomic E-state index is 14.1. The highest BCUT2D eigenvalue weighted by molar-refractivity contribution is 6.03. The summed E-state index contributed by atoms with van der Waals surface area (Å²) >= 11 is 0. The topological polar surface area (TPSA) is 62.4 Å². The number of epoxide rings is 1. The molecule has 5 fully saturated rings. The van der Waals surface area contributed by atoms with Crippen molar-refractivity contribution >= 4 is 17.5 Å². The van der Waals surface area contributed by atoms with Gasteiger partial charge in [-0.3, -0.25) is 9.59 Å². The highest BCUT2D eigenvalue weighted by Gasteiger charge is 2.85. The lowest BCUT2D eigenvalue weighted by Crippen LogP contribution is -2.54. The van der Waals surface area contributed by atoms with Crippen LogP contribution in [0, 0.1) is 5.92 Å². The van der Waals surface area contributed by atoms with E-state index < -0.39 is 5.60 Å². The molecule has 2 amide bonds. The molecule has 6 heterocycles. The van der Waals surface area contributed by atoms with Crippen molar-refractivity contribution in [3.8, 4) is 0 Å². The zero-order valence-electron chi connectivity index (χ0n) is 17.6. The second kappa shape index (κ2) is 5.80. The molecule has 0 N–H and O–H groups in total. The quantitative estimate of drug-likeness (QED) is 0.690. The van der Waals surface area contributed by atoms with Gasteiger partial charge in [0.25, 0.3) is 0 Å². The summed E-state index contributed by atoms with van der Waals surface area (Å²) < 4.78 is 13.0. The van der Waals surface area contributed by atoms with Gasteiger partial charge in [0.05, 0.1) is 24.1 Å². The number of likely N-dealkylation sites (tertiary alicyclic amines) is 1. The number of rotatable bonds is 2. The lowest BCUT2D eigenvalue weighted by atomic mass is 9.67. The van der Waals surface area contributed by atoms with Crippen molar-refractivity contribution in [1.82, 2.24) is 4.90 Å². The van der Waals surface area contributed by atoms with Crippen LogP contribution >= 0.6 is 0 Å². The van der Waals surface area contributed by atoms with Crippen molar-refractivity contribution in [2.75, 3.05) is 11.4 Å². The van der Waals surface area contributed by atoms with E-state index in [-0.39, 0.29) is 54.0 Å². The van der Waals surface area contributed by atoms with Crippen molar-refractivity contribution < 1.29 is 19.1 Å². The first-order chi connectivity index (χ1) is 15.7. The fourth-order valence-corrected chi connectivity index (χ4v) is 7.69. The molecule has 1 spiro atoms. The van der Waals surface area contributed by atoms with Gasteiger partial charge in [-0.25, -0.2) is 0 Å². The molecule has 0 aromatic heterocycles. The monoisotopic (exact) mass is 428 g/mol. The first-order valence-electron chi connectivity index (χ1n) is 11.8. The van der Waals surface area contributed by atoms with Crippen molar-refractivity contribution in [1.29, 1.82) is 0 Å². The predicted molar refractivity (Wildman–Crippen MR) is 115 cm³/mol. The van der Waals surface area contributed by atoms with Crippen LogP contribution in [0.2, 0.25) is 0 Å². The summed E-state index contributed by atoms with van der Waals surface area (Å²) in [6.45, 7) is 0.785. The molecule has 0 aliphatic carbocycles. The van der Waals surface area contributed by atoms with E-state index in [0.717, 1.165) is 29.8 Å². The number of nitrogens with zero attached hydrogens (tertiary/aromatic N) is 2. The Morgan fingerprint density at radius 1 is 0.969 bits per heavy atom. The van der Waals surface area contributed by atoms with Gasteiger partial charge in [0, 0.05) is 24.6 Å². The van der Waals surface area contributed by atoms with Crippen molar-refractivity contribution in [3.63, 3.8) is 0 Å². The number of hydrogen-bond acceptors (Lipinski definition) is 4. The first-order valence-corrected chi connectivity index (χ1v) is 11.8. The average Bonchev–Trinajstić information content (AvgIpc) is 3.14. The normalized spacial score (nSPS) is 42.7. The minimum Gasteiger partial charge on any atom is -0.363 e. The zero-order chi connectivity index (χ0) is 21.2. The summed E-state index contributed by atoms with van der Waals surface area (Å²) in [5.41, 5.74) is 2.56. The van der Waals surface area contributed by atoms with Crippen LogP contribution in [0.4, 0.5) is 5.69 Å². The number of carbonyl (C=O) groups is 2. The van der Waals surface area contributed by atoms with Crippen LogP contribution in [-0.4, -0.2) is 53.2 Å². The number of anilines is 1. The third-order valence-corrected chi connectivity index (χ3v) is 8.84. The first kappa shape index (κ1) is 17.8. The number of hydrogen-bond donors (Lipinski definition) is 0. The summed E-state index contributed by atoms with van der Waals surface area (Å²) in [7, 11) is 0.